The van der Waals surface area contributed by atoms with Gasteiger partial charge in [0.1, 0.15) is 0 Å². The fourth-order valence-corrected chi connectivity index (χ4v) is 3.03. The molecule has 16 heavy (non-hydrogen) atoms. The minimum absolute atomic E-state index is 0.530. The van der Waals surface area contributed by atoms with Crippen LogP contribution >= 0.6 is 0 Å². The molecule has 2 atom stereocenters. The minimum Gasteiger partial charge on any atom is -0.397 e. The predicted molar refractivity (Wildman–Crippen MR) is 65.7 cm³/mol. The molecule has 0 aromatic heterocycles. The fraction of sp³-hybridized carbons (Fsp3) is 0.538. The quantitative estimate of drug-likeness (QED) is 0.732. The van der Waals surface area contributed by atoms with Gasteiger partial charge in [0.15, 0.2) is 0 Å². The first-order valence-corrected chi connectivity index (χ1v) is 5.98. The van der Waals surface area contributed by atoms with E-state index in [4.69, 9.17) is 10.5 Å². The molecule has 3 rings (SSSR count). The average molecular weight is 218 g/mol. The van der Waals surface area contributed by atoms with Crippen LogP contribution in [0.15, 0.2) is 18.2 Å². The SMILES string of the molecule is Cc1cccc(N)c1N1C2CCC1COC2. The van der Waals surface area contributed by atoms with Gasteiger partial charge in [-0.1, -0.05) is 12.1 Å². The Hall–Kier alpha value is -1.22. The van der Waals surface area contributed by atoms with E-state index in [2.05, 4.69) is 17.9 Å². The first-order valence-electron chi connectivity index (χ1n) is 5.98. The summed E-state index contributed by atoms with van der Waals surface area (Å²) in [6, 6.07) is 7.22. The predicted octanol–water partition coefficient (Wildman–Crippen LogP) is 1.94. The van der Waals surface area contributed by atoms with E-state index in [1.54, 1.807) is 0 Å². The maximum atomic E-state index is 6.12. The molecule has 2 aliphatic rings. The minimum atomic E-state index is 0.530. The molecule has 2 bridgehead atoms. The zero-order chi connectivity index (χ0) is 11.1. The Morgan fingerprint density at radius 2 is 1.94 bits per heavy atom. The molecule has 2 fully saturated rings. The second kappa shape index (κ2) is 3.67. The maximum absolute atomic E-state index is 6.12. The van der Waals surface area contributed by atoms with E-state index in [0.29, 0.717) is 12.1 Å². The van der Waals surface area contributed by atoms with E-state index in [1.807, 2.05) is 12.1 Å². The third-order valence-corrected chi connectivity index (χ3v) is 3.77. The van der Waals surface area contributed by atoms with Crippen LogP contribution in [0.5, 0.6) is 0 Å². The number of nitrogens with two attached hydrogens (primary N) is 1. The van der Waals surface area contributed by atoms with Gasteiger partial charge in [0.25, 0.3) is 0 Å². The van der Waals surface area contributed by atoms with E-state index in [9.17, 15) is 0 Å². The van der Waals surface area contributed by atoms with Gasteiger partial charge in [0, 0.05) is 0 Å². The summed E-state index contributed by atoms with van der Waals surface area (Å²) in [7, 11) is 0. The van der Waals surface area contributed by atoms with Crippen LogP contribution in [-0.4, -0.2) is 25.3 Å². The number of ether oxygens (including phenoxy) is 1. The number of hydrogen-bond acceptors (Lipinski definition) is 3. The van der Waals surface area contributed by atoms with E-state index < -0.39 is 0 Å². The number of fused-ring (bicyclic) bond motifs is 2. The van der Waals surface area contributed by atoms with E-state index >= 15 is 0 Å². The van der Waals surface area contributed by atoms with Crippen LogP contribution < -0.4 is 10.6 Å². The number of anilines is 2. The summed E-state index contributed by atoms with van der Waals surface area (Å²) in [5, 5.41) is 0. The Balaban J connectivity index is 2.03. The van der Waals surface area contributed by atoms with Crippen molar-refractivity contribution < 1.29 is 4.74 Å². The average Bonchev–Trinajstić information content (AvgIpc) is 2.51. The highest BCUT2D eigenvalue weighted by Crippen LogP contribution is 2.38. The van der Waals surface area contributed by atoms with Crippen LogP contribution in [0, 0.1) is 6.92 Å². The number of benzene rings is 1. The molecule has 0 aliphatic carbocycles. The van der Waals surface area contributed by atoms with Crippen LogP contribution in [0.25, 0.3) is 0 Å². The normalized spacial score (nSPS) is 28.4. The molecule has 1 aromatic carbocycles. The lowest BCUT2D eigenvalue weighted by Gasteiger charge is -2.38. The van der Waals surface area contributed by atoms with E-state index in [-0.39, 0.29) is 0 Å². The van der Waals surface area contributed by atoms with Crippen molar-refractivity contribution in [2.24, 2.45) is 0 Å². The van der Waals surface area contributed by atoms with Crippen LogP contribution in [0.3, 0.4) is 0 Å². The molecule has 3 heteroatoms. The first kappa shape index (κ1) is 9.97. The second-order valence-corrected chi connectivity index (χ2v) is 4.84. The largest absolute Gasteiger partial charge is 0.397 e. The lowest BCUT2D eigenvalue weighted by Crippen LogP contribution is -2.46. The molecule has 0 radical (unpaired) electrons. The molecule has 2 N–H and O–H groups in total. The highest BCUT2D eigenvalue weighted by Gasteiger charge is 2.38. The first-order chi connectivity index (χ1) is 7.77. The second-order valence-electron chi connectivity index (χ2n) is 4.84. The number of nitrogens with zero attached hydrogens (tertiary/aromatic N) is 1. The third-order valence-electron chi connectivity index (χ3n) is 3.77. The van der Waals surface area contributed by atoms with Crippen molar-refractivity contribution in [1.29, 1.82) is 0 Å². The summed E-state index contributed by atoms with van der Waals surface area (Å²) >= 11 is 0. The number of para-hydroxylation sites is 1. The molecular weight excluding hydrogens is 200 g/mol. The van der Waals surface area contributed by atoms with Gasteiger partial charge in [0.2, 0.25) is 0 Å². The van der Waals surface area contributed by atoms with Crippen LogP contribution in [0.4, 0.5) is 11.4 Å². The molecule has 1 aromatic rings. The Bertz CT molecular complexity index is 369. The third kappa shape index (κ3) is 1.39. The summed E-state index contributed by atoms with van der Waals surface area (Å²) in [4.78, 5) is 2.49. The molecular formula is C13H18N2O. The molecule has 0 amide bonds. The van der Waals surface area contributed by atoms with Crippen LogP contribution in [-0.2, 0) is 4.74 Å². The van der Waals surface area contributed by atoms with Gasteiger partial charge >= 0.3 is 0 Å². The highest BCUT2D eigenvalue weighted by atomic mass is 16.5. The van der Waals surface area contributed by atoms with Crippen molar-refractivity contribution in [3.63, 3.8) is 0 Å². The van der Waals surface area contributed by atoms with Crippen molar-refractivity contribution in [1.82, 2.24) is 0 Å². The van der Waals surface area contributed by atoms with Crippen LogP contribution in [0.2, 0.25) is 0 Å². The number of aryl methyl sites for hydroxylation is 1. The monoisotopic (exact) mass is 218 g/mol. The van der Waals surface area contributed by atoms with Crippen molar-refractivity contribution in [2.45, 2.75) is 31.8 Å². The van der Waals surface area contributed by atoms with Crippen molar-refractivity contribution >= 4 is 11.4 Å². The van der Waals surface area contributed by atoms with E-state index in [0.717, 1.165) is 18.9 Å². The Labute approximate surface area is 96.2 Å². The Morgan fingerprint density at radius 1 is 1.25 bits per heavy atom. The maximum Gasteiger partial charge on any atom is 0.0671 e. The molecule has 0 spiro atoms. The summed E-state index contributed by atoms with van der Waals surface area (Å²) < 4.78 is 5.61. The van der Waals surface area contributed by atoms with Crippen molar-refractivity contribution in [3.8, 4) is 0 Å². The lowest BCUT2D eigenvalue weighted by molar-refractivity contribution is 0.0907. The topological polar surface area (TPSA) is 38.5 Å². The lowest BCUT2D eigenvalue weighted by atomic mass is 10.1. The van der Waals surface area contributed by atoms with Gasteiger partial charge in [-0.3, -0.25) is 0 Å². The number of hydrogen-bond donors (Lipinski definition) is 1. The Kier molecular flexibility index (Phi) is 2.28. The molecule has 2 aliphatic heterocycles. The van der Waals surface area contributed by atoms with Gasteiger partial charge in [-0.05, 0) is 31.4 Å². The fourth-order valence-electron chi connectivity index (χ4n) is 3.03. The Morgan fingerprint density at radius 3 is 2.56 bits per heavy atom. The number of rotatable bonds is 1. The summed E-state index contributed by atoms with van der Waals surface area (Å²) in [5.74, 6) is 0. The number of morpholine rings is 1. The summed E-state index contributed by atoms with van der Waals surface area (Å²) in [6.07, 6.45) is 2.47. The van der Waals surface area contributed by atoms with Gasteiger partial charge in [-0.2, -0.15) is 0 Å². The molecule has 0 saturated carbocycles. The molecule has 2 unspecified atom stereocenters. The van der Waals surface area contributed by atoms with Gasteiger partial charge in [-0.15, -0.1) is 0 Å². The molecule has 86 valence electrons. The van der Waals surface area contributed by atoms with Crippen molar-refractivity contribution in [2.75, 3.05) is 23.8 Å². The molecule has 3 nitrogen and oxygen atoms in total. The smallest absolute Gasteiger partial charge is 0.0671 e. The van der Waals surface area contributed by atoms with Crippen LogP contribution in [0.1, 0.15) is 18.4 Å². The van der Waals surface area contributed by atoms with Gasteiger partial charge < -0.3 is 15.4 Å². The summed E-state index contributed by atoms with van der Waals surface area (Å²) in [6.45, 7) is 3.84. The summed E-state index contributed by atoms with van der Waals surface area (Å²) in [5.41, 5.74) is 9.53. The highest BCUT2D eigenvalue weighted by molar-refractivity contribution is 5.72. The standard InChI is InChI=1S/C13H18N2O/c1-9-3-2-4-12(14)13(9)15-10-5-6-11(15)8-16-7-10/h2-4,10-11H,5-8,14H2,1H3. The van der Waals surface area contributed by atoms with Gasteiger partial charge in [-0.25, -0.2) is 0 Å². The molecule has 2 heterocycles. The zero-order valence-corrected chi connectivity index (χ0v) is 9.65. The van der Waals surface area contributed by atoms with E-state index in [1.165, 1.54) is 24.1 Å². The van der Waals surface area contributed by atoms with Gasteiger partial charge in [0.05, 0.1) is 36.7 Å². The zero-order valence-electron chi connectivity index (χ0n) is 9.65. The molecule has 2 saturated heterocycles. The van der Waals surface area contributed by atoms with Crippen molar-refractivity contribution in [3.05, 3.63) is 23.8 Å². The number of nitrogen functional groups attached to an aromatic ring is 1.